The Labute approximate surface area is 174 Å². The summed E-state index contributed by atoms with van der Waals surface area (Å²) in [7, 11) is 0. The summed E-state index contributed by atoms with van der Waals surface area (Å²) in [5.41, 5.74) is 0.142. The topological polar surface area (TPSA) is 71.8 Å². The quantitative estimate of drug-likeness (QED) is 0.788. The number of carboxylic acid groups (broad SMARTS) is 1. The number of aliphatic carboxylic acids is 1. The lowest BCUT2D eigenvalue weighted by molar-refractivity contribution is -0.140. The zero-order valence-corrected chi connectivity index (χ0v) is 16.6. The third-order valence-electron chi connectivity index (χ3n) is 5.24. The first-order chi connectivity index (χ1) is 14.3. The maximum Gasteiger partial charge on any atom is 0.416 e. The lowest BCUT2D eigenvalue weighted by atomic mass is 9.98. The largest absolute Gasteiger partial charge is 0.480 e. The van der Waals surface area contributed by atoms with Crippen LogP contribution in [0.4, 0.5) is 13.2 Å². The van der Waals surface area contributed by atoms with Gasteiger partial charge in [-0.2, -0.15) is 13.2 Å². The predicted octanol–water partition coefficient (Wildman–Crippen LogP) is 3.10. The minimum absolute atomic E-state index is 0.150. The van der Waals surface area contributed by atoms with E-state index in [-0.39, 0.29) is 5.75 Å². The highest BCUT2D eigenvalue weighted by Crippen LogP contribution is 2.42. The van der Waals surface area contributed by atoms with E-state index in [1.807, 2.05) is 0 Å². The Morgan fingerprint density at radius 1 is 1.23 bits per heavy atom. The molecule has 1 saturated heterocycles. The number of alkyl halides is 3. The molecule has 4 rings (SSSR count). The van der Waals surface area contributed by atoms with Crippen LogP contribution in [-0.2, 0) is 22.3 Å². The molecule has 1 aromatic carbocycles. The van der Waals surface area contributed by atoms with E-state index in [9.17, 15) is 27.9 Å². The second-order valence-electron chi connectivity index (χ2n) is 7.19. The molecular formula is C20H19F3N2O4S. The second-order valence-corrected chi connectivity index (χ2v) is 8.20. The molecule has 2 aliphatic heterocycles. The fourth-order valence-corrected chi connectivity index (χ4v) is 5.14. The maximum absolute atomic E-state index is 13.3. The van der Waals surface area contributed by atoms with Crippen molar-refractivity contribution in [3.05, 3.63) is 51.8 Å². The molecule has 10 heteroatoms. The van der Waals surface area contributed by atoms with E-state index in [4.69, 9.17) is 4.74 Å². The molecule has 0 amide bonds. The normalized spacial score (nSPS) is 19.6. The number of carbonyl (C=O) groups is 1. The molecule has 0 saturated carbocycles. The van der Waals surface area contributed by atoms with Crippen molar-refractivity contribution in [3.63, 3.8) is 0 Å². The zero-order chi connectivity index (χ0) is 21.5. The first kappa shape index (κ1) is 21.0. The molecule has 0 radical (unpaired) electrons. The SMILES string of the molecule is O=C(O)[C@@H]1CSc2c(-c3cccc(C(F)(F)F)c3)c(CN3CCOCC3)cc(=O)n21. The van der Waals surface area contributed by atoms with Crippen LogP contribution in [0.1, 0.15) is 17.2 Å². The fourth-order valence-electron chi connectivity index (χ4n) is 3.78. The minimum atomic E-state index is -4.51. The van der Waals surface area contributed by atoms with Gasteiger partial charge < -0.3 is 9.84 Å². The van der Waals surface area contributed by atoms with Gasteiger partial charge in [-0.25, -0.2) is 4.79 Å². The number of carboxylic acids is 1. The van der Waals surface area contributed by atoms with Gasteiger partial charge in [-0.05, 0) is 23.3 Å². The third-order valence-corrected chi connectivity index (χ3v) is 6.40. The lowest BCUT2D eigenvalue weighted by Gasteiger charge is -2.28. The van der Waals surface area contributed by atoms with Gasteiger partial charge in [0.05, 0.1) is 23.8 Å². The van der Waals surface area contributed by atoms with Crippen molar-refractivity contribution in [2.24, 2.45) is 0 Å². The minimum Gasteiger partial charge on any atom is -0.480 e. The summed E-state index contributed by atoms with van der Waals surface area (Å²) in [5.74, 6) is -0.989. The van der Waals surface area contributed by atoms with Crippen LogP contribution >= 0.6 is 11.8 Å². The number of thioether (sulfide) groups is 1. The van der Waals surface area contributed by atoms with Gasteiger partial charge in [-0.3, -0.25) is 14.3 Å². The summed E-state index contributed by atoms with van der Waals surface area (Å²) in [6, 6.07) is 5.25. The van der Waals surface area contributed by atoms with Crippen molar-refractivity contribution in [1.82, 2.24) is 9.47 Å². The molecule has 1 fully saturated rings. The predicted molar refractivity (Wildman–Crippen MR) is 105 cm³/mol. The van der Waals surface area contributed by atoms with Crippen molar-refractivity contribution in [2.45, 2.75) is 23.8 Å². The van der Waals surface area contributed by atoms with Crippen molar-refractivity contribution in [3.8, 4) is 11.1 Å². The van der Waals surface area contributed by atoms with Gasteiger partial charge in [0.2, 0.25) is 0 Å². The number of ether oxygens (including phenoxy) is 1. The van der Waals surface area contributed by atoms with Gasteiger partial charge in [0.15, 0.2) is 0 Å². The average Bonchev–Trinajstić information content (AvgIpc) is 3.14. The van der Waals surface area contributed by atoms with Crippen molar-refractivity contribution >= 4 is 17.7 Å². The molecule has 1 atom stereocenters. The second kappa shape index (κ2) is 8.09. The van der Waals surface area contributed by atoms with Crippen LogP contribution < -0.4 is 5.56 Å². The molecule has 2 aliphatic rings. The monoisotopic (exact) mass is 440 g/mol. The number of hydrogen-bond donors (Lipinski definition) is 1. The summed E-state index contributed by atoms with van der Waals surface area (Å²) in [6.45, 7) is 2.74. The van der Waals surface area contributed by atoms with Gasteiger partial charge in [-0.15, -0.1) is 11.8 Å². The number of pyridine rings is 1. The summed E-state index contributed by atoms with van der Waals surface area (Å²) >= 11 is 1.19. The summed E-state index contributed by atoms with van der Waals surface area (Å²) in [5, 5.41) is 9.88. The Hall–Kier alpha value is -2.30. The maximum atomic E-state index is 13.3. The number of aromatic nitrogens is 1. The molecule has 0 unspecified atom stereocenters. The van der Waals surface area contributed by atoms with E-state index in [0.29, 0.717) is 54.6 Å². The van der Waals surface area contributed by atoms with E-state index >= 15 is 0 Å². The molecule has 0 bridgehead atoms. The first-order valence-corrected chi connectivity index (χ1v) is 10.4. The highest BCUT2D eigenvalue weighted by atomic mass is 32.2. The Morgan fingerprint density at radius 2 is 1.97 bits per heavy atom. The number of fused-ring (bicyclic) bond motifs is 1. The van der Waals surface area contributed by atoms with E-state index in [1.165, 1.54) is 28.5 Å². The van der Waals surface area contributed by atoms with Crippen LogP contribution in [0.5, 0.6) is 0 Å². The molecule has 2 aromatic rings. The van der Waals surface area contributed by atoms with E-state index < -0.39 is 29.3 Å². The van der Waals surface area contributed by atoms with Crippen LogP contribution in [0.25, 0.3) is 11.1 Å². The van der Waals surface area contributed by atoms with Gasteiger partial charge in [0.1, 0.15) is 6.04 Å². The van der Waals surface area contributed by atoms with Gasteiger partial charge in [0.25, 0.3) is 5.56 Å². The van der Waals surface area contributed by atoms with E-state index in [0.717, 1.165) is 12.1 Å². The zero-order valence-electron chi connectivity index (χ0n) is 15.8. The highest BCUT2D eigenvalue weighted by Gasteiger charge is 2.35. The number of halogens is 3. The number of nitrogens with zero attached hydrogens (tertiary/aromatic N) is 2. The molecule has 160 valence electrons. The van der Waals surface area contributed by atoms with Gasteiger partial charge >= 0.3 is 12.1 Å². The smallest absolute Gasteiger partial charge is 0.416 e. The molecule has 0 aliphatic carbocycles. The van der Waals surface area contributed by atoms with Crippen LogP contribution in [-0.4, -0.2) is 52.6 Å². The van der Waals surface area contributed by atoms with E-state index in [2.05, 4.69) is 4.90 Å². The van der Waals surface area contributed by atoms with Crippen LogP contribution in [0, 0.1) is 0 Å². The third kappa shape index (κ3) is 3.99. The fraction of sp³-hybridized carbons (Fsp3) is 0.400. The van der Waals surface area contributed by atoms with Crippen molar-refractivity contribution in [1.29, 1.82) is 0 Å². The van der Waals surface area contributed by atoms with Crippen molar-refractivity contribution in [2.75, 3.05) is 32.1 Å². The molecule has 1 N–H and O–H groups in total. The van der Waals surface area contributed by atoms with Crippen LogP contribution in [0.15, 0.2) is 40.2 Å². The Balaban J connectivity index is 1.88. The Kier molecular flexibility index (Phi) is 5.65. The van der Waals surface area contributed by atoms with Crippen LogP contribution in [0.3, 0.4) is 0 Å². The number of morpholine rings is 1. The number of rotatable bonds is 4. The summed E-state index contributed by atoms with van der Waals surface area (Å²) < 4.78 is 46.4. The average molecular weight is 440 g/mol. The number of benzene rings is 1. The number of hydrogen-bond acceptors (Lipinski definition) is 5. The Bertz CT molecular complexity index is 1030. The molecular weight excluding hydrogens is 421 g/mol. The molecule has 30 heavy (non-hydrogen) atoms. The summed E-state index contributed by atoms with van der Waals surface area (Å²) in [4.78, 5) is 26.4. The first-order valence-electron chi connectivity index (χ1n) is 9.37. The van der Waals surface area contributed by atoms with Crippen molar-refractivity contribution < 1.29 is 27.8 Å². The molecule has 1 aromatic heterocycles. The highest BCUT2D eigenvalue weighted by molar-refractivity contribution is 7.99. The lowest BCUT2D eigenvalue weighted by Crippen LogP contribution is -2.36. The van der Waals surface area contributed by atoms with Gasteiger partial charge in [-0.1, -0.05) is 12.1 Å². The molecule has 3 heterocycles. The summed E-state index contributed by atoms with van der Waals surface area (Å²) in [6.07, 6.45) is -4.51. The molecule has 6 nitrogen and oxygen atoms in total. The van der Waals surface area contributed by atoms with E-state index in [1.54, 1.807) is 6.07 Å². The Morgan fingerprint density at radius 3 is 2.63 bits per heavy atom. The van der Waals surface area contributed by atoms with Crippen LogP contribution in [0.2, 0.25) is 0 Å². The molecule has 0 spiro atoms. The standard InChI is InChI=1S/C20H19F3N2O4S/c21-20(22,23)14-3-1-2-12(8-14)17-13(10-24-4-6-29-7-5-24)9-16(26)25-15(19(27)28)11-30-18(17)25/h1-3,8-9,15H,4-7,10-11H2,(H,27,28)/t15-/m0/s1. The van der Waals surface area contributed by atoms with Gasteiger partial charge in [0, 0.05) is 37.0 Å².